The SMILES string of the molecule is C=CCCCCCCCCC(=O)N1CCCCCC1. The minimum atomic E-state index is 0.397. The van der Waals surface area contributed by atoms with Crippen LogP contribution in [-0.2, 0) is 4.79 Å². The molecule has 1 aliphatic rings. The van der Waals surface area contributed by atoms with E-state index in [2.05, 4.69) is 11.5 Å². The van der Waals surface area contributed by atoms with Gasteiger partial charge in [-0.2, -0.15) is 0 Å². The number of rotatable bonds is 9. The molecule has 1 saturated heterocycles. The van der Waals surface area contributed by atoms with Gasteiger partial charge >= 0.3 is 0 Å². The van der Waals surface area contributed by atoms with E-state index in [0.717, 1.165) is 32.4 Å². The van der Waals surface area contributed by atoms with Crippen LogP contribution in [0.1, 0.15) is 77.0 Å². The average molecular weight is 265 g/mol. The first-order chi connectivity index (χ1) is 9.34. The van der Waals surface area contributed by atoms with Crippen molar-refractivity contribution in [1.82, 2.24) is 4.90 Å². The number of carbonyl (C=O) groups is 1. The van der Waals surface area contributed by atoms with Gasteiger partial charge in [-0.15, -0.1) is 6.58 Å². The number of unbranched alkanes of at least 4 members (excludes halogenated alkanes) is 6. The van der Waals surface area contributed by atoms with E-state index in [1.54, 1.807) is 0 Å². The smallest absolute Gasteiger partial charge is 0.222 e. The Balaban J connectivity index is 1.96. The van der Waals surface area contributed by atoms with Crippen molar-refractivity contribution < 1.29 is 4.79 Å². The molecular weight excluding hydrogens is 234 g/mol. The fraction of sp³-hybridized carbons (Fsp3) is 0.824. The summed E-state index contributed by atoms with van der Waals surface area (Å²) in [5, 5.41) is 0. The molecular formula is C17H31NO. The summed E-state index contributed by atoms with van der Waals surface area (Å²) in [6.07, 6.45) is 16.4. The minimum absolute atomic E-state index is 0.397. The molecule has 0 atom stereocenters. The molecule has 110 valence electrons. The predicted octanol–water partition coefficient (Wildman–Crippen LogP) is 4.70. The minimum Gasteiger partial charge on any atom is -0.343 e. The predicted molar refractivity (Wildman–Crippen MR) is 82.2 cm³/mol. The van der Waals surface area contributed by atoms with Crippen LogP contribution in [0, 0.1) is 0 Å². The lowest BCUT2D eigenvalue weighted by molar-refractivity contribution is -0.131. The fourth-order valence-electron chi connectivity index (χ4n) is 2.75. The van der Waals surface area contributed by atoms with Crippen LogP contribution in [0.3, 0.4) is 0 Å². The van der Waals surface area contributed by atoms with E-state index in [9.17, 15) is 4.79 Å². The van der Waals surface area contributed by atoms with E-state index in [1.165, 1.54) is 57.8 Å². The molecule has 0 bridgehead atoms. The number of likely N-dealkylation sites (tertiary alicyclic amines) is 1. The lowest BCUT2D eigenvalue weighted by Crippen LogP contribution is -2.31. The molecule has 0 radical (unpaired) electrons. The third-order valence-corrected chi connectivity index (χ3v) is 4.01. The van der Waals surface area contributed by atoms with Gasteiger partial charge in [0.15, 0.2) is 0 Å². The van der Waals surface area contributed by atoms with Crippen LogP contribution in [0.5, 0.6) is 0 Å². The maximum atomic E-state index is 12.0. The molecule has 19 heavy (non-hydrogen) atoms. The van der Waals surface area contributed by atoms with Gasteiger partial charge in [0.2, 0.25) is 5.91 Å². The molecule has 0 aromatic heterocycles. The van der Waals surface area contributed by atoms with Crippen molar-refractivity contribution in [3.05, 3.63) is 12.7 Å². The van der Waals surface area contributed by atoms with Crippen molar-refractivity contribution in [3.63, 3.8) is 0 Å². The molecule has 1 heterocycles. The van der Waals surface area contributed by atoms with Gasteiger partial charge in [-0.25, -0.2) is 0 Å². The van der Waals surface area contributed by atoms with Gasteiger partial charge in [-0.1, -0.05) is 44.6 Å². The molecule has 2 heteroatoms. The molecule has 0 spiro atoms. The molecule has 1 fully saturated rings. The highest BCUT2D eigenvalue weighted by molar-refractivity contribution is 5.76. The second-order valence-corrected chi connectivity index (χ2v) is 5.74. The third kappa shape index (κ3) is 8.07. The maximum absolute atomic E-state index is 12.0. The first-order valence-electron chi connectivity index (χ1n) is 8.23. The topological polar surface area (TPSA) is 20.3 Å². The summed E-state index contributed by atoms with van der Waals surface area (Å²) in [6, 6.07) is 0. The number of allylic oxidation sites excluding steroid dienone is 1. The van der Waals surface area contributed by atoms with Crippen molar-refractivity contribution in [2.75, 3.05) is 13.1 Å². The van der Waals surface area contributed by atoms with Crippen molar-refractivity contribution in [3.8, 4) is 0 Å². The van der Waals surface area contributed by atoms with E-state index >= 15 is 0 Å². The van der Waals surface area contributed by atoms with Crippen molar-refractivity contribution >= 4 is 5.91 Å². The Labute approximate surface area is 119 Å². The van der Waals surface area contributed by atoms with E-state index in [1.807, 2.05) is 6.08 Å². The Bertz CT molecular complexity index is 242. The van der Waals surface area contributed by atoms with Crippen molar-refractivity contribution in [1.29, 1.82) is 0 Å². The molecule has 2 nitrogen and oxygen atoms in total. The molecule has 0 aliphatic carbocycles. The van der Waals surface area contributed by atoms with Crippen molar-refractivity contribution in [2.45, 2.75) is 77.0 Å². The number of nitrogens with zero attached hydrogens (tertiary/aromatic N) is 1. The van der Waals surface area contributed by atoms with E-state index < -0.39 is 0 Å². The standard InChI is InChI=1S/C17H31NO/c1-2-3-4-5-6-7-8-11-14-17(19)18-15-12-9-10-13-16-18/h2H,1,3-16H2. The largest absolute Gasteiger partial charge is 0.343 e. The van der Waals surface area contributed by atoms with E-state index in [0.29, 0.717) is 5.91 Å². The maximum Gasteiger partial charge on any atom is 0.222 e. The summed E-state index contributed by atoms with van der Waals surface area (Å²) in [4.78, 5) is 14.1. The number of carbonyl (C=O) groups excluding carboxylic acids is 1. The van der Waals surface area contributed by atoms with Crippen molar-refractivity contribution in [2.24, 2.45) is 0 Å². The van der Waals surface area contributed by atoms with Gasteiger partial charge in [-0.3, -0.25) is 4.79 Å². The molecule has 1 amide bonds. The molecule has 1 rings (SSSR count). The zero-order valence-electron chi connectivity index (χ0n) is 12.5. The van der Waals surface area contributed by atoms with Crippen LogP contribution in [-0.4, -0.2) is 23.9 Å². The summed E-state index contributed by atoms with van der Waals surface area (Å²) in [5.41, 5.74) is 0. The normalized spacial score (nSPS) is 16.1. The summed E-state index contributed by atoms with van der Waals surface area (Å²) < 4.78 is 0. The first-order valence-corrected chi connectivity index (χ1v) is 8.23. The van der Waals surface area contributed by atoms with Gasteiger partial charge in [-0.05, 0) is 32.1 Å². The Morgan fingerprint density at radius 3 is 2.11 bits per heavy atom. The summed E-state index contributed by atoms with van der Waals surface area (Å²) in [6.45, 7) is 5.74. The molecule has 0 aromatic rings. The Kier molecular flexibility index (Phi) is 9.48. The van der Waals surface area contributed by atoms with Crippen LogP contribution in [0.25, 0.3) is 0 Å². The average Bonchev–Trinajstić information content (AvgIpc) is 2.70. The highest BCUT2D eigenvalue weighted by Gasteiger charge is 2.14. The van der Waals surface area contributed by atoms with Crippen LogP contribution in [0.15, 0.2) is 12.7 Å². The summed E-state index contributed by atoms with van der Waals surface area (Å²) >= 11 is 0. The Morgan fingerprint density at radius 2 is 1.47 bits per heavy atom. The van der Waals surface area contributed by atoms with Gasteiger partial charge in [0.25, 0.3) is 0 Å². The lowest BCUT2D eigenvalue weighted by atomic mass is 10.1. The zero-order chi connectivity index (χ0) is 13.8. The first kappa shape index (κ1) is 16.3. The number of hydrogen-bond acceptors (Lipinski definition) is 1. The molecule has 1 aliphatic heterocycles. The highest BCUT2D eigenvalue weighted by atomic mass is 16.2. The number of amides is 1. The van der Waals surface area contributed by atoms with E-state index in [-0.39, 0.29) is 0 Å². The Hall–Kier alpha value is -0.790. The van der Waals surface area contributed by atoms with Gasteiger partial charge in [0, 0.05) is 19.5 Å². The monoisotopic (exact) mass is 265 g/mol. The van der Waals surface area contributed by atoms with Crippen LogP contribution in [0.4, 0.5) is 0 Å². The molecule has 0 N–H and O–H groups in total. The van der Waals surface area contributed by atoms with Crippen LogP contribution in [0.2, 0.25) is 0 Å². The molecule has 0 saturated carbocycles. The quantitative estimate of drug-likeness (QED) is 0.437. The molecule has 0 unspecified atom stereocenters. The summed E-state index contributed by atoms with van der Waals surface area (Å²) in [7, 11) is 0. The second kappa shape index (κ2) is 11.1. The van der Waals surface area contributed by atoms with Gasteiger partial charge in [0.1, 0.15) is 0 Å². The van der Waals surface area contributed by atoms with E-state index in [4.69, 9.17) is 0 Å². The zero-order valence-corrected chi connectivity index (χ0v) is 12.5. The number of hydrogen-bond donors (Lipinski definition) is 0. The summed E-state index contributed by atoms with van der Waals surface area (Å²) in [5.74, 6) is 0.397. The Morgan fingerprint density at radius 1 is 0.895 bits per heavy atom. The second-order valence-electron chi connectivity index (χ2n) is 5.74. The lowest BCUT2D eigenvalue weighted by Gasteiger charge is -2.20. The van der Waals surface area contributed by atoms with Crippen LogP contribution < -0.4 is 0 Å². The molecule has 0 aromatic carbocycles. The van der Waals surface area contributed by atoms with Crippen LogP contribution >= 0.6 is 0 Å². The van der Waals surface area contributed by atoms with Gasteiger partial charge in [0.05, 0.1) is 0 Å². The highest BCUT2D eigenvalue weighted by Crippen LogP contribution is 2.13. The third-order valence-electron chi connectivity index (χ3n) is 4.01. The van der Waals surface area contributed by atoms with Gasteiger partial charge < -0.3 is 4.90 Å². The fourth-order valence-corrected chi connectivity index (χ4v) is 2.75.